The molecule has 1 heterocycles. The van der Waals surface area contributed by atoms with Crippen LogP contribution in [-0.2, 0) is 16.0 Å². The maximum atomic E-state index is 11.9. The summed E-state index contributed by atoms with van der Waals surface area (Å²) in [7, 11) is 0. The van der Waals surface area contributed by atoms with Crippen molar-refractivity contribution < 1.29 is 9.53 Å². The maximum Gasteiger partial charge on any atom is 0.250 e. The summed E-state index contributed by atoms with van der Waals surface area (Å²) in [5.74, 6) is -0.0167. The Labute approximate surface area is 114 Å². The first-order valence-corrected chi connectivity index (χ1v) is 6.83. The molecule has 1 saturated heterocycles. The number of hydrogen-bond donors (Lipinski definition) is 2. The standard InChI is InChI=1S/C15H22N2O2/c1-11-3-4-13(12(2)9-11)5-6-17-15(18)14-10-16-7-8-19-14/h3-4,9,14,16H,5-8,10H2,1-2H3,(H,17,18). The molecule has 2 rings (SSSR count). The van der Waals surface area contributed by atoms with Gasteiger partial charge in [-0.1, -0.05) is 23.8 Å². The second kappa shape index (κ2) is 6.68. The number of hydrogen-bond acceptors (Lipinski definition) is 3. The van der Waals surface area contributed by atoms with Gasteiger partial charge in [0.05, 0.1) is 6.61 Å². The van der Waals surface area contributed by atoms with Crippen molar-refractivity contribution in [3.8, 4) is 0 Å². The van der Waals surface area contributed by atoms with Crippen LogP contribution in [0.15, 0.2) is 18.2 Å². The molecule has 0 bridgehead atoms. The minimum absolute atomic E-state index is 0.0167. The Bertz CT molecular complexity index is 440. The van der Waals surface area contributed by atoms with Gasteiger partial charge in [0.1, 0.15) is 6.10 Å². The third-order valence-electron chi connectivity index (χ3n) is 3.41. The molecule has 19 heavy (non-hydrogen) atoms. The summed E-state index contributed by atoms with van der Waals surface area (Å²) >= 11 is 0. The van der Waals surface area contributed by atoms with E-state index < -0.39 is 0 Å². The topological polar surface area (TPSA) is 50.4 Å². The molecule has 1 aliphatic heterocycles. The van der Waals surface area contributed by atoms with Crippen molar-refractivity contribution in [3.05, 3.63) is 34.9 Å². The monoisotopic (exact) mass is 262 g/mol. The molecule has 104 valence electrons. The van der Waals surface area contributed by atoms with Crippen LogP contribution in [0.3, 0.4) is 0 Å². The number of morpholine rings is 1. The summed E-state index contributed by atoms with van der Waals surface area (Å²) in [5, 5.41) is 6.09. The first kappa shape index (κ1) is 14.0. The molecule has 1 unspecified atom stereocenters. The second-order valence-electron chi connectivity index (χ2n) is 5.03. The zero-order valence-electron chi connectivity index (χ0n) is 11.7. The Morgan fingerprint density at radius 1 is 1.47 bits per heavy atom. The molecule has 0 radical (unpaired) electrons. The molecule has 1 amide bonds. The number of ether oxygens (including phenoxy) is 1. The van der Waals surface area contributed by atoms with Crippen molar-refractivity contribution in [1.29, 1.82) is 0 Å². The highest BCUT2D eigenvalue weighted by atomic mass is 16.5. The summed E-state index contributed by atoms with van der Waals surface area (Å²) < 4.78 is 5.41. The van der Waals surface area contributed by atoms with Gasteiger partial charge in [0.25, 0.3) is 0 Å². The summed E-state index contributed by atoms with van der Waals surface area (Å²) in [6.45, 7) is 6.89. The summed E-state index contributed by atoms with van der Waals surface area (Å²) in [6.07, 6.45) is 0.519. The van der Waals surface area contributed by atoms with E-state index in [1.807, 2.05) is 0 Å². The van der Waals surface area contributed by atoms with Gasteiger partial charge in [0.2, 0.25) is 5.91 Å². The minimum atomic E-state index is -0.340. The molecule has 0 aliphatic carbocycles. The molecule has 2 N–H and O–H groups in total. The van der Waals surface area contributed by atoms with Gasteiger partial charge in [-0.2, -0.15) is 0 Å². The highest BCUT2D eigenvalue weighted by molar-refractivity contribution is 5.81. The van der Waals surface area contributed by atoms with Gasteiger partial charge in [0, 0.05) is 19.6 Å². The molecule has 1 fully saturated rings. The molecule has 1 aliphatic rings. The first-order valence-electron chi connectivity index (χ1n) is 6.83. The number of amides is 1. The van der Waals surface area contributed by atoms with Crippen molar-refractivity contribution in [2.45, 2.75) is 26.4 Å². The average Bonchev–Trinajstić information content (AvgIpc) is 2.42. The number of carbonyl (C=O) groups excluding carboxylic acids is 1. The van der Waals surface area contributed by atoms with Crippen molar-refractivity contribution in [2.24, 2.45) is 0 Å². The van der Waals surface area contributed by atoms with E-state index in [0.717, 1.165) is 13.0 Å². The van der Waals surface area contributed by atoms with Crippen molar-refractivity contribution in [3.63, 3.8) is 0 Å². The minimum Gasteiger partial charge on any atom is -0.366 e. The molecule has 0 saturated carbocycles. The van der Waals surface area contributed by atoms with Crippen LogP contribution in [0.5, 0.6) is 0 Å². The van der Waals surface area contributed by atoms with Gasteiger partial charge in [-0.15, -0.1) is 0 Å². The van der Waals surface area contributed by atoms with Crippen LogP contribution < -0.4 is 10.6 Å². The third kappa shape index (κ3) is 4.04. The molecule has 1 atom stereocenters. The van der Waals surface area contributed by atoms with Crippen molar-refractivity contribution in [2.75, 3.05) is 26.2 Å². The second-order valence-corrected chi connectivity index (χ2v) is 5.03. The molecule has 4 nitrogen and oxygen atoms in total. The van der Waals surface area contributed by atoms with Crippen LogP contribution in [0.2, 0.25) is 0 Å². The largest absolute Gasteiger partial charge is 0.366 e. The van der Waals surface area contributed by atoms with Crippen molar-refractivity contribution in [1.82, 2.24) is 10.6 Å². The normalized spacial score (nSPS) is 19.2. The van der Waals surface area contributed by atoms with Gasteiger partial charge in [-0.05, 0) is 31.4 Å². The number of carbonyl (C=O) groups is 1. The van der Waals surface area contributed by atoms with Gasteiger partial charge in [0.15, 0.2) is 0 Å². The van der Waals surface area contributed by atoms with Gasteiger partial charge in [-0.25, -0.2) is 0 Å². The lowest BCUT2D eigenvalue weighted by Gasteiger charge is -2.22. The lowest BCUT2D eigenvalue weighted by atomic mass is 10.0. The number of rotatable bonds is 4. The van der Waals surface area contributed by atoms with Crippen LogP contribution in [0, 0.1) is 13.8 Å². The Morgan fingerprint density at radius 2 is 2.32 bits per heavy atom. The van der Waals surface area contributed by atoms with E-state index in [1.165, 1.54) is 16.7 Å². The van der Waals surface area contributed by atoms with E-state index in [1.54, 1.807) is 0 Å². The Balaban J connectivity index is 1.78. The Morgan fingerprint density at radius 3 is 3.00 bits per heavy atom. The lowest BCUT2D eigenvalue weighted by Crippen LogP contribution is -2.48. The van der Waals surface area contributed by atoms with Crippen LogP contribution >= 0.6 is 0 Å². The summed E-state index contributed by atoms with van der Waals surface area (Å²) in [5.41, 5.74) is 3.84. The fraction of sp³-hybridized carbons (Fsp3) is 0.533. The summed E-state index contributed by atoms with van der Waals surface area (Å²) in [6, 6.07) is 6.42. The molecular formula is C15H22N2O2. The van der Waals surface area contributed by atoms with Gasteiger partial charge in [-0.3, -0.25) is 4.79 Å². The highest BCUT2D eigenvalue weighted by Gasteiger charge is 2.20. The van der Waals surface area contributed by atoms with E-state index in [9.17, 15) is 4.79 Å². The molecular weight excluding hydrogens is 240 g/mol. The van der Waals surface area contributed by atoms with E-state index in [2.05, 4.69) is 42.7 Å². The number of benzene rings is 1. The number of nitrogens with one attached hydrogen (secondary N) is 2. The fourth-order valence-electron chi connectivity index (χ4n) is 2.29. The van der Waals surface area contributed by atoms with E-state index >= 15 is 0 Å². The predicted octanol–water partition coefficient (Wildman–Crippen LogP) is 0.951. The highest BCUT2D eigenvalue weighted by Crippen LogP contribution is 2.10. The first-order chi connectivity index (χ1) is 9.16. The predicted molar refractivity (Wildman–Crippen MR) is 75.2 cm³/mol. The fourth-order valence-corrected chi connectivity index (χ4v) is 2.29. The van der Waals surface area contributed by atoms with E-state index in [4.69, 9.17) is 4.74 Å². The van der Waals surface area contributed by atoms with Crippen LogP contribution in [0.1, 0.15) is 16.7 Å². The van der Waals surface area contributed by atoms with Gasteiger partial charge >= 0.3 is 0 Å². The zero-order valence-corrected chi connectivity index (χ0v) is 11.7. The quantitative estimate of drug-likeness (QED) is 0.849. The van der Waals surface area contributed by atoms with Crippen molar-refractivity contribution >= 4 is 5.91 Å². The Hall–Kier alpha value is -1.39. The Kier molecular flexibility index (Phi) is 4.93. The average molecular weight is 262 g/mol. The molecule has 0 spiro atoms. The smallest absolute Gasteiger partial charge is 0.250 e. The SMILES string of the molecule is Cc1ccc(CCNC(=O)C2CNCCO2)c(C)c1. The lowest BCUT2D eigenvalue weighted by molar-refractivity contribution is -0.134. The van der Waals surface area contributed by atoms with E-state index in [0.29, 0.717) is 19.7 Å². The third-order valence-corrected chi connectivity index (χ3v) is 3.41. The number of aryl methyl sites for hydroxylation is 2. The van der Waals surface area contributed by atoms with Crippen LogP contribution in [0.25, 0.3) is 0 Å². The maximum absolute atomic E-state index is 11.9. The molecule has 0 aromatic heterocycles. The van der Waals surface area contributed by atoms with Crippen LogP contribution in [-0.4, -0.2) is 38.3 Å². The molecule has 1 aromatic carbocycles. The van der Waals surface area contributed by atoms with E-state index in [-0.39, 0.29) is 12.0 Å². The zero-order chi connectivity index (χ0) is 13.7. The molecule has 4 heteroatoms. The van der Waals surface area contributed by atoms with Gasteiger partial charge < -0.3 is 15.4 Å². The summed E-state index contributed by atoms with van der Waals surface area (Å²) in [4.78, 5) is 11.9. The molecule has 1 aromatic rings. The van der Waals surface area contributed by atoms with Crippen LogP contribution in [0.4, 0.5) is 0 Å².